The van der Waals surface area contributed by atoms with Crippen LogP contribution in [-0.2, 0) is 6.54 Å². The van der Waals surface area contributed by atoms with Crippen molar-refractivity contribution in [3.63, 3.8) is 0 Å². The lowest BCUT2D eigenvalue weighted by Gasteiger charge is -2.34. The third-order valence-electron chi connectivity index (χ3n) is 4.81. The molecule has 5 heteroatoms. The van der Waals surface area contributed by atoms with E-state index in [1.54, 1.807) is 0 Å². The van der Waals surface area contributed by atoms with Gasteiger partial charge >= 0.3 is 6.03 Å². The lowest BCUT2D eigenvalue weighted by molar-refractivity contribution is 0.143. The average molecular weight is 372 g/mol. The summed E-state index contributed by atoms with van der Waals surface area (Å²) in [6, 6.07) is 16.0. The van der Waals surface area contributed by atoms with Crippen LogP contribution in [0, 0.1) is 0 Å². The van der Waals surface area contributed by atoms with Crippen molar-refractivity contribution in [1.29, 1.82) is 0 Å². The van der Waals surface area contributed by atoms with Crippen LogP contribution in [0.25, 0.3) is 0 Å². The zero-order valence-electron chi connectivity index (χ0n) is 15.4. The molecule has 2 amide bonds. The number of nitrogens with one attached hydrogen (secondary N) is 1. The second-order valence-electron chi connectivity index (χ2n) is 7.10. The maximum absolute atomic E-state index is 12.5. The highest BCUT2D eigenvalue weighted by Gasteiger charge is 2.21. The number of halogens is 1. The number of amides is 2. The standard InChI is InChI=1S/C21H26ClN3O/c1-16(2)18-5-9-20(10-6-18)23-21(26)25-13-11-24(12-14-25)15-17-3-7-19(22)8-4-17/h3-10,16H,11-15H2,1-2H3,(H,23,26). The predicted octanol–water partition coefficient (Wildman–Crippen LogP) is 4.81. The highest BCUT2D eigenvalue weighted by atomic mass is 35.5. The molecule has 0 aromatic heterocycles. The van der Waals surface area contributed by atoms with Crippen LogP contribution in [0.3, 0.4) is 0 Å². The van der Waals surface area contributed by atoms with Gasteiger partial charge < -0.3 is 10.2 Å². The van der Waals surface area contributed by atoms with Crippen LogP contribution in [0.5, 0.6) is 0 Å². The molecule has 26 heavy (non-hydrogen) atoms. The molecule has 1 N–H and O–H groups in total. The van der Waals surface area contributed by atoms with E-state index in [9.17, 15) is 4.79 Å². The van der Waals surface area contributed by atoms with Crippen molar-refractivity contribution in [2.45, 2.75) is 26.3 Å². The van der Waals surface area contributed by atoms with Gasteiger partial charge in [-0.05, 0) is 41.3 Å². The summed E-state index contributed by atoms with van der Waals surface area (Å²) >= 11 is 5.93. The van der Waals surface area contributed by atoms with Crippen LogP contribution in [-0.4, -0.2) is 42.0 Å². The number of urea groups is 1. The van der Waals surface area contributed by atoms with E-state index in [2.05, 4.69) is 48.3 Å². The Morgan fingerprint density at radius 1 is 1.00 bits per heavy atom. The molecule has 1 aliphatic rings. The monoisotopic (exact) mass is 371 g/mol. The van der Waals surface area contributed by atoms with Gasteiger partial charge in [-0.15, -0.1) is 0 Å². The Hall–Kier alpha value is -2.04. The number of anilines is 1. The molecule has 1 fully saturated rings. The van der Waals surface area contributed by atoms with Crippen molar-refractivity contribution in [3.8, 4) is 0 Å². The van der Waals surface area contributed by atoms with E-state index < -0.39 is 0 Å². The molecule has 0 spiro atoms. The molecule has 1 aliphatic heterocycles. The van der Waals surface area contributed by atoms with Crippen LogP contribution in [0.2, 0.25) is 5.02 Å². The average Bonchev–Trinajstić information content (AvgIpc) is 2.64. The molecular weight excluding hydrogens is 346 g/mol. The molecule has 0 radical (unpaired) electrons. The summed E-state index contributed by atoms with van der Waals surface area (Å²) in [6.07, 6.45) is 0. The van der Waals surface area contributed by atoms with Crippen LogP contribution in [0.15, 0.2) is 48.5 Å². The second kappa shape index (κ2) is 8.56. The SMILES string of the molecule is CC(C)c1ccc(NC(=O)N2CCN(Cc3ccc(Cl)cc3)CC2)cc1. The van der Waals surface area contributed by atoms with Crippen LogP contribution < -0.4 is 5.32 Å². The van der Waals surface area contributed by atoms with Gasteiger partial charge in [0.2, 0.25) is 0 Å². The molecule has 1 saturated heterocycles. The van der Waals surface area contributed by atoms with E-state index in [4.69, 9.17) is 11.6 Å². The summed E-state index contributed by atoms with van der Waals surface area (Å²) in [6.45, 7) is 8.45. The minimum absolute atomic E-state index is 0.0200. The summed E-state index contributed by atoms with van der Waals surface area (Å²) in [5.41, 5.74) is 3.37. The van der Waals surface area contributed by atoms with Crippen LogP contribution in [0.4, 0.5) is 10.5 Å². The van der Waals surface area contributed by atoms with Crippen molar-refractivity contribution in [1.82, 2.24) is 9.80 Å². The lowest BCUT2D eigenvalue weighted by Crippen LogP contribution is -2.49. The van der Waals surface area contributed by atoms with Crippen molar-refractivity contribution in [3.05, 3.63) is 64.7 Å². The molecule has 0 aliphatic carbocycles. The van der Waals surface area contributed by atoms with E-state index in [0.29, 0.717) is 5.92 Å². The number of nitrogens with zero attached hydrogens (tertiary/aromatic N) is 2. The third-order valence-corrected chi connectivity index (χ3v) is 5.06. The number of hydrogen-bond acceptors (Lipinski definition) is 2. The van der Waals surface area contributed by atoms with Gasteiger partial charge in [0.1, 0.15) is 0 Å². The van der Waals surface area contributed by atoms with Gasteiger partial charge in [0.05, 0.1) is 0 Å². The lowest BCUT2D eigenvalue weighted by atomic mass is 10.0. The summed E-state index contributed by atoms with van der Waals surface area (Å²) in [5.74, 6) is 0.494. The quantitative estimate of drug-likeness (QED) is 0.836. The normalized spacial score (nSPS) is 15.3. The molecule has 2 aromatic carbocycles. The summed E-state index contributed by atoms with van der Waals surface area (Å²) in [5, 5.41) is 3.76. The van der Waals surface area contributed by atoms with E-state index in [1.165, 1.54) is 11.1 Å². The van der Waals surface area contributed by atoms with Crippen molar-refractivity contribution in [2.24, 2.45) is 0 Å². The first-order valence-electron chi connectivity index (χ1n) is 9.14. The summed E-state index contributed by atoms with van der Waals surface area (Å²) in [7, 11) is 0. The zero-order valence-corrected chi connectivity index (χ0v) is 16.2. The van der Waals surface area contributed by atoms with Gasteiger partial charge in [-0.3, -0.25) is 4.90 Å². The maximum Gasteiger partial charge on any atom is 0.321 e. The first-order chi connectivity index (χ1) is 12.5. The Labute approximate surface area is 160 Å². The Kier molecular flexibility index (Phi) is 6.17. The highest BCUT2D eigenvalue weighted by Crippen LogP contribution is 2.18. The van der Waals surface area contributed by atoms with Gasteiger partial charge in [0, 0.05) is 43.4 Å². The number of benzene rings is 2. The second-order valence-corrected chi connectivity index (χ2v) is 7.53. The smallest absolute Gasteiger partial charge is 0.321 e. The largest absolute Gasteiger partial charge is 0.322 e. The van der Waals surface area contributed by atoms with E-state index in [1.807, 2.05) is 29.2 Å². The van der Waals surface area contributed by atoms with E-state index in [-0.39, 0.29) is 6.03 Å². The first-order valence-corrected chi connectivity index (χ1v) is 9.52. The van der Waals surface area contributed by atoms with Gasteiger partial charge in [-0.1, -0.05) is 49.7 Å². The van der Waals surface area contributed by atoms with Crippen molar-refractivity contribution >= 4 is 23.3 Å². The fourth-order valence-electron chi connectivity index (χ4n) is 3.11. The molecule has 1 heterocycles. The van der Waals surface area contributed by atoms with E-state index in [0.717, 1.165) is 43.4 Å². The summed E-state index contributed by atoms with van der Waals surface area (Å²) in [4.78, 5) is 16.7. The molecule has 0 bridgehead atoms. The van der Waals surface area contributed by atoms with Gasteiger partial charge in [0.25, 0.3) is 0 Å². The Balaban J connectivity index is 1.47. The van der Waals surface area contributed by atoms with Crippen molar-refractivity contribution < 1.29 is 4.79 Å². The molecule has 0 saturated carbocycles. The minimum Gasteiger partial charge on any atom is -0.322 e. The topological polar surface area (TPSA) is 35.6 Å². The minimum atomic E-state index is -0.0200. The van der Waals surface area contributed by atoms with Crippen LogP contribution in [0.1, 0.15) is 30.9 Å². The first kappa shape index (κ1) is 18.7. The predicted molar refractivity (Wildman–Crippen MR) is 108 cm³/mol. The number of rotatable bonds is 4. The zero-order chi connectivity index (χ0) is 18.5. The molecule has 0 atom stereocenters. The molecule has 3 rings (SSSR count). The van der Waals surface area contributed by atoms with Crippen molar-refractivity contribution in [2.75, 3.05) is 31.5 Å². The molecule has 4 nitrogen and oxygen atoms in total. The van der Waals surface area contributed by atoms with Crippen LogP contribution >= 0.6 is 11.6 Å². The molecule has 138 valence electrons. The number of hydrogen-bond donors (Lipinski definition) is 1. The molecule has 2 aromatic rings. The fourth-order valence-corrected chi connectivity index (χ4v) is 3.24. The van der Waals surface area contributed by atoms with E-state index >= 15 is 0 Å². The Bertz CT molecular complexity index is 720. The fraction of sp³-hybridized carbons (Fsp3) is 0.381. The number of carbonyl (C=O) groups excluding carboxylic acids is 1. The highest BCUT2D eigenvalue weighted by molar-refractivity contribution is 6.30. The Morgan fingerprint density at radius 3 is 2.19 bits per heavy atom. The molecule has 0 unspecified atom stereocenters. The number of piperazine rings is 1. The van der Waals surface area contributed by atoms with Gasteiger partial charge in [-0.2, -0.15) is 0 Å². The summed E-state index contributed by atoms with van der Waals surface area (Å²) < 4.78 is 0. The maximum atomic E-state index is 12.5. The van der Waals surface area contributed by atoms with Gasteiger partial charge in [-0.25, -0.2) is 4.79 Å². The third kappa shape index (κ3) is 4.99. The van der Waals surface area contributed by atoms with Gasteiger partial charge in [0.15, 0.2) is 0 Å². The molecular formula is C21H26ClN3O. The number of carbonyl (C=O) groups is 1. The Morgan fingerprint density at radius 2 is 1.62 bits per heavy atom.